The maximum Gasteiger partial charge on any atom is 0.323 e. The average molecular weight is 212 g/mol. The van der Waals surface area contributed by atoms with Gasteiger partial charge in [-0.1, -0.05) is 0 Å². The normalized spacial score (nSPS) is 10.7. The van der Waals surface area contributed by atoms with Crippen LogP contribution in [-0.4, -0.2) is 23.0 Å². The van der Waals surface area contributed by atoms with Crippen LogP contribution in [0, 0.1) is 0 Å². The molecule has 1 aromatic carbocycles. The van der Waals surface area contributed by atoms with Crippen molar-refractivity contribution in [2.45, 2.75) is 0 Å². The number of rotatable bonds is 2. The van der Waals surface area contributed by atoms with E-state index >= 15 is 0 Å². The van der Waals surface area contributed by atoms with Crippen LogP contribution in [0.2, 0.25) is 0 Å². The van der Waals surface area contributed by atoms with Crippen LogP contribution in [0.15, 0.2) is 23.0 Å². The predicted octanol–water partition coefficient (Wildman–Crippen LogP) is 1.49. The number of imidazole rings is 1. The third-order valence-corrected chi connectivity index (χ3v) is 2.48. The van der Waals surface area contributed by atoms with Crippen molar-refractivity contribution in [2.75, 3.05) is 18.0 Å². The lowest BCUT2D eigenvalue weighted by molar-refractivity contribution is 1.09. The van der Waals surface area contributed by atoms with Crippen LogP contribution < -0.4 is 10.6 Å². The van der Waals surface area contributed by atoms with Crippen molar-refractivity contribution in [3.8, 4) is 0 Å². The van der Waals surface area contributed by atoms with E-state index in [4.69, 9.17) is 11.6 Å². The van der Waals surface area contributed by atoms with Crippen molar-refractivity contribution < 1.29 is 0 Å². The number of fused-ring (bicyclic) bond motifs is 1. The summed E-state index contributed by atoms with van der Waals surface area (Å²) in [5.41, 5.74) is 2.39. The predicted molar refractivity (Wildman–Crippen MR) is 58.0 cm³/mol. The minimum Gasteiger partial charge on any atom is -0.361 e. The summed E-state index contributed by atoms with van der Waals surface area (Å²) in [6.07, 6.45) is 0. The van der Waals surface area contributed by atoms with Gasteiger partial charge in [0.15, 0.2) is 0 Å². The van der Waals surface area contributed by atoms with Gasteiger partial charge in [-0.3, -0.25) is 0 Å². The fourth-order valence-corrected chi connectivity index (χ4v) is 1.46. The Morgan fingerprint density at radius 2 is 2.07 bits per heavy atom. The second kappa shape index (κ2) is 3.38. The molecule has 0 bridgehead atoms. The lowest BCUT2D eigenvalue weighted by Crippen LogP contribution is -2.13. The molecule has 2 aromatic rings. The topological polar surface area (TPSA) is 51.9 Å². The Labute approximate surface area is 85.5 Å². The highest BCUT2D eigenvalue weighted by Gasteiger charge is 2.02. The minimum absolute atomic E-state index is 0.189. The summed E-state index contributed by atoms with van der Waals surface area (Å²) < 4.78 is 0. The van der Waals surface area contributed by atoms with Crippen LogP contribution in [0.5, 0.6) is 0 Å². The van der Waals surface area contributed by atoms with E-state index in [1.54, 1.807) is 0 Å². The standard InChI is InChI=1S/C9H10ClN3O/c1-13(5-10)6-2-3-7-8(4-6)12-9(14)11-7/h2-4H,5H2,1H3,(H2,11,12,14). The molecule has 2 N–H and O–H groups in total. The summed E-state index contributed by atoms with van der Waals surface area (Å²) in [6, 6.07) is 6.07. The van der Waals surface area contributed by atoms with Crippen molar-refractivity contribution in [3.05, 3.63) is 28.7 Å². The third kappa shape index (κ3) is 1.48. The molecule has 0 amide bonds. The molecular formula is C9H10ClN3O. The number of nitrogens with one attached hydrogen (secondary N) is 2. The smallest absolute Gasteiger partial charge is 0.323 e. The Morgan fingerprint density at radius 1 is 1.36 bits per heavy atom. The Hall–Kier alpha value is -1.42. The number of benzene rings is 1. The summed E-state index contributed by atoms with van der Waals surface area (Å²) in [5.74, 6) is 0. The van der Waals surface area contributed by atoms with E-state index in [1.807, 2.05) is 30.1 Å². The zero-order valence-corrected chi connectivity index (χ0v) is 8.43. The first-order valence-electron chi connectivity index (χ1n) is 4.20. The molecule has 0 fully saturated rings. The maximum absolute atomic E-state index is 11.0. The number of hydrogen-bond acceptors (Lipinski definition) is 2. The van der Waals surface area contributed by atoms with E-state index in [-0.39, 0.29) is 5.69 Å². The van der Waals surface area contributed by atoms with Gasteiger partial charge in [-0.05, 0) is 18.2 Å². The Balaban J connectivity index is 2.55. The van der Waals surface area contributed by atoms with E-state index < -0.39 is 0 Å². The molecule has 0 unspecified atom stereocenters. The minimum atomic E-state index is -0.189. The third-order valence-electron chi connectivity index (χ3n) is 2.12. The zero-order valence-electron chi connectivity index (χ0n) is 7.67. The highest BCUT2D eigenvalue weighted by molar-refractivity contribution is 6.19. The van der Waals surface area contributed by atoms with Crippen LogP contribution in [0.3, 0.4) is 0 Å². The number of aromatic amines is 2. The molecule has 14 heavy (non-hydrogen) atoms. The number of halogens is 1. The monoisotopic (exact) mass is 211 g/mol. The lowest BCUT2D eigenvalue weighted by Gasteiger charge is -2.14. The molecule has 0 aliphatic carbocycles. The van der Waals surface area contributed by atoms with Crippen molar-refractivity contribution in [3.63, 3.8) is 0 Å². The maximum atomic E-state index is 11.0. The first-order chi connectivity index (χ1) is 6.70. The Morgan fingerprint density at radius 3 is 2.79 bits per heavy atom. The highest BCUT2D eigenvalue weighted by Crippen LogP contribution is 2.17. The SMILES string of the molecule is CN(CCl)c1ccc2[nH]c(=O)[nH]c2c1. The number of aromatic nitrogens is 2. The summed E-state index contributed by atoms with van der Waals surface area (Å²) >= 11 is 5.69. The van der Waals surface area contributed by atoms with Crippen molar-refractivity contribution >= 4 is 28.3 Å². The highest BCUT2D eigenvalue weighted by atomic mass is 35.5. The van der Waals surface area contributed by atoms with E-state index in [9.17, 15) is 4.79 Å². The molecule has 1 aromatic heterocycles. The van der Waals surface area contributed by atoms with Crippen LogP contribution >= 0.6 is 11.6 Å². The van der Waals surface area contributed by atoms with Gasteiger partial charge in [0.1, 0.15) is 0 Å². The largest absolute Gasteiger partial charge is 0.361 e. The van der Waals surface area contributed by atoms with Crippen LogP contribution in [0.4, 0.5) is 5.69 Å². The van der Waals surface area contributed by atoms with Gasteiger partial charge in [0.25, 0.3) is 0 Å². The van der Waals surface area contributed by atoms with E-state index in [1.165, 1.54) is 0 Å². The van der Waals surface area contributed by atoms with Crippen LogP contribution in [0.1, 0.15) is 0 Å². The van der Waals surface area contributed by atoms with Crippen molar-refractivity contribution in [2.24, 2.45) is 0 Å². The van der Waals surface area contributed by atoms with E-state index in [0.717, 1.165) is 16.7 Å². The second-order valence-electron chi connectivity index (χ2n) is 3.13. The van der Waals surface area contributed by atoms with Crippen molar-refractivity contribution in [1.82, 2.24) is 9.97 Å². The molecule has 0 atom stereocenters. The van der Waals surface area contributed by atoms with E-state index in [2.05, 4.69) is 9.97 Å². The molecular weight excluding hydrogens is 202 g/mol. The second-order valence-corrected chi connectivity index (χ2v) is 3.37. The summed E-state index contributed by atoms with van der Waals surface area (Å²) in [7, 11) is 1.89. The average Bonchev–Trinajstić information content (AvgIpc) is 2.55. The molecule has 0 aliphatic rings. The first kappa shape index (κ1) is 9.15. The van der Waals surface area contributed by atoms with Gasteiger partial charge in [-0.25, -0.2) is 4.79 Å². The van der Waals surface area contributed by atoms with Gasteiger partial charge >= 0.3 is 5.69 Å². The Bertz CT molecular complexity index is 502. The van der Waals surface area contributed by atoms with Crippen LogP contribution in [-0.2, 0) is 0 Å². The van der Waals surface area contributed by atoms with Gasteiger partial charge in [0.05, 0.1) is 17.0 Å². The molecule has 0 spiro atoms. The number of anilines is 1. The molecule has 0 aliphatic heterocycles. The van der Waals surface area contributed by atoms with Gasteiger partial charge in [0, 0.05) is 12.7 Å². The van der Waals surface area contributed by atoms with E-state index in [0.29, 0.717) is 6.00 Å². The molecule has 1 heterocycles. The first-order valence-corrected chi connectivity index (χ1v) is 4.73. The van der Waals surface area contributed by atoms with Gasteiger partial charge in [-0.2, -0.15) is 0 Å². The fraction of sp³-hybridized carbons (Fsp3) is 0.222. The zero-order chi connectivity index (χ0) is 10.1. The van der Waals surface area contributed by atoms with Gasteiger partial charge in [0.2, 0.25) is 0 Å². The number of H-pyrrole nitrogens is 2. The molecule has 4 nitrogen and oxygen atoms in total. The summed E-state index contributed by atoms with van der Waals surface area (Å²) in [4.78, 5) is 18.2. The van der Waals surface area contributed by atoms with Gasteiger partial charge in [-0.15, -0.1) is 11.6 Å². The quantitative estimate of drug-likeness (QED) is 0.584. The van der Waals surface area contributed by atoms with Gasteiger partial charge < -0.3 is 14.9 Å². The molecule has 74 valence electrons. The number of alkyl halides is 1. The fourth-order valence-electron chi connectivity index (χ4n) is 1.33. The summed E-state index contributed by atoms with van der Waals surface area (Å²) in [5, 5.41) is 0. The molecule has 0 radical (unpaired) electrons. The molecule has 2 rings (SSSR count). The number of nitrogens with zero attached hydrogens (tertiary/aromatic N) is 1. The van der Waals surface area contributed by atoms with Crippen molar-refractivity contribution in [1.29, 1.82) is 0 Å². The molecule has 5 heteroatoms. The summed E-state index contributed by atoms with van der Waals surface area (Å²) in [6.45, 7) is 0. The lowest BCUT2D eigenvalue weighted by atomic mass is 10.2. The molecule has 0 saturated heterocycles. The van der Waals surface area contributed by atoms with Crippen LogP contribution in [0.25, 0.3) is 11.0 Å². The Kier molecular flexibility index (Phi) is 2.21. The number of hydrogen-bond donors (Lipinski definition) is 2. The molecule has 0 saturated carbocycles.